The Morgan fingerprint density at radius 1 is 1.13 bits per heavy atom. The summed E-state index contributed by atoms with van der Waals surface area (Å²) in [5, 5.41) is 0. The molecule has 23 heavy (non-hydrogen) atoms. The van der Waals surface area contributed by atoms with Crippen molar-refractivity contribution in [2.24, 2.45) is 0 Å². The molecule has 128 valence electrons. The number of hydrogen-bond donors (Lipinski definition) is 0. The fourth-order valence-corrected chi connectivity index (χ4v) is 2.71. The van der Waals surface area contributed by atoms with Gasteiger partial charge in [0.1, 0.15) is 17.2 Å². The minimum absolute atomic E-state index is 0.292. The van der Waals surface area contributed by atoms with E-state index in [2.05, 4.69) is 6.92 Å². The van der Waals surface area contributed by atoms with Crippen LogP contribution in [0.15, 0.2) is 18.2 Å². The molecule has 1 saturated heterocycles. The summed E-state index contributed by atoms with van der Waals surface area (Å²) in [6, 6.07) is 4.76. The van der Waals surface area contributed by atoms with Crippen molar-refractivity contribution in [2.75, 3.05) is 0 Å². The lowest BCUT2D eigenvalue weighted by Gasteiger charge is -2.32. The lowest BCUT2D eigenvalue weighted by atomic mass is 9.78. The van der Waals surface area contributed by atoms with Gasteiger partial charge in [0.15, 0.2) is 0 Å². The van der Waals surface area contributed by atoms with Crippen molar-refractivity contribution in [3.05, 3.63) is 24.0 Å². The number of halogens is 1. The Morgan fingerprint density at radius 2 is 1.70 bits per heavy atom. The maximum atomic E-state index is 14.3. The summed E-state index contributed by atoms with van der Waals surface area (Å²) in [6.45, 7) is 14.0. The van der Waals surface area contributed by atoms with E-state index in [0.717, 1.165) is 12.8 Å². The highest BCUT2D eigenvalue weighted by Crippen LogP contribution is 2.37. The Bertz CT molecular complexity index is 553. The highest BCUT2D eigenvalue weighted by molar-refractivity contribution is 6.62. The first-order valence-electron chi connectivity index (χ1n) is 8.31. The van der Waals surface area contributed by atoms with E-state index in [0.29, 0.717) is 11.2 Å². The number of benzene rings is 1. The van der Waals surface area contributed by atoms with Crippen LogP contribution in [0.25, 0.3) is 0 Å². The molecule has 0 N–H and O–H groups in total. The standard InChI is InChI=1S/C18H28BFO3/c1-8-11-16(2,3)21-13-9-10-15(20)14(12-13)19-22-17(4,5)18(6,7)23-19/h9-10,12H,8,11H2,1-7H3. The second-order valence-corrected chi connectivity index (χ2v) is 7.88. The largest absolute Gasteiger partial charge is 0.497 e. The van der Waals surface area contributed by atoms with Crippen molar-refractivity contribution < 1.29 is 18.4 Å². The summed E-state index contributed by atoms with van der Waals surface area (Å²) in [5.74, 6) is 0.290. The zero-order chi connectivity index (χ0) is 17.5. The molecule has 0 spiro atoms. The van der Waals surface area contributed by atoms with Gasteiger partial charge in [-0.3, -0.25) is 0 Å². The Morgan fingerprint density at radius 3 is 2.22 bits per heavy atom. The summed E-state index contributed by atoms with van der Waals surface area (Å²) in [4.78, 5) is 0. The van der Waals surface area contributed by atoms with Gasteiger partial charge in [0.2, 0.25) is 0 Å². The van der Waals surface area contributed by atoms with Gasteiger partial charge in [0.05, 0.1) is 11.2 Å². The third-order valence-electron chi connectivity index (χ3n) is 4.72. The van der Waals surface area contributed by atoms with Crippen molar-refractivity contribution >= 4 is 12.6 Å². The average molecular weight is 322 g/mol. The highest BCUT2D eigenvalue weighted by atomic mass is 19.1. The maximum Gasteiger partial charge on any atom is 0.497 e. The van der Waals surface area contributed by atoms with Crippen LogP contribution in [0.3, 0.4) is 0 Å². The van der Waals surface area contributed by atoms with Gasteiger partial charge in [0, 0.05) is 5.46 Å². The molecule has 0 amide bonds. The number of ether oxygens (including phenoxy) is 1. The van der Waals surface area contributed by atoms with E-state index in [4.69, 9.17) is 14.0 Å². The fraction of sp³-hybridized carbons (Fsp3) is 0.667. The van der Waals surface area contributed by atoms with E-state index in [1.165, 1.54) is 6.07 Å². The van der Waals surface area contributed by atoms with Crippen LogP contribution in [-0.2, 0) is 9.31 Å². The molecule has 0 aliphatic carbocycles. The third-order valence-corrected chi connectivity index (χ3v) is 4.72. The van der Waals surface area contributed by atoms with Crippen molar-refractivity contribution in [1.29, 1.82) is 0 Å². The minimum atomic E-state index is -0.724. The maximum absolute atomic E-state index is 14.3. The van der Waals surface area contributed by atoms with Crippen molar-refractivity contribution in [3.8, 4) is 5.75 Å². The van der Waals surface area contributed by atoms with Crippen LogP contribution in [0, 0.1) is 5.82 Å². The molecular formula is C18H28BFO3. The highest BCUT2D eigenvalue weighted by Gasteiger charge is 2.52. The fourth-order valence-electron chi connectivity index (χ4n) is 2.71. The van der Waals surface area contributed by atoms with E-state index in [-0.39, 0.29) is 11.4 Å². The summed E-state index contributed by atoms with van der Waals surface area (Å²) >= 11 is 0. The third kappa shape index (κ3) is 3.89. The lowest BCUT2D eigenvalue weighted by molar-refractivity contribution is 0.00578. The summed E-state index contributed by atoms with van der Waals surface area (Å²) in [5.41, 5.74) is -0.904. The number of hydrogen-bond acceptors (Lipinski definition) is 3. The quantitative estimate of drug-likeness (QED) is 0.765. The Balaban J connectivity index is 2.26. The Hall–Kier alpha value is -1.07. The topological polar surface area (TPSA) is 27.7 Å². The van der Waals surface area contributed by atoms with E-state index in [9.17, 15) is 4.39 Å². The van der Waals surface area contributed by atoms with Crippen LogP contribution in [0.5, 0.6) is 5.75 Å². The SMILES string of the molecule is CCCC(C)(C)Oc1ccc(F)c(B2OC(C)(C)C(C)(C)O2)c1. The van der Waals surface area contributed by atoms with Gasteiger partial charge in [-0.1, -0.05) is 13.3 Å². The van der Waals surface area contributed by atoms with Crippen molar-refractivity contribution in [1.82, 2.24) is 0 Å². The molecule has 1 aromatic rings. The van der Waals surface area contributed by atoms with Gasteiger partial charge in [0.25, 0.3) is 0 Å². The normalized spacial score (nSPS) is 19.9. The smallest absolute Gasteiger partial charge is 0.488 e. The zero-order valence-electron chi connectivity index (χ0n) is 15.3. The summed E-state index contributed by atoms with van der Waals surface area (Å²) in [6.07, 6.45) is 1.95. The first-order chi connectivity index (χ1) is 10.5. The zero-order valence-corrected chi connectivity index (χ0v) is 15.3. The van der Waals surface area contributed by atoms with Gasteiger partial charge < -0.3 is 14.0 Å². The molecule has 2 rings (SSSR count). The monoisotopic (exact) mass is 322 g/mol. The summed E-state index contributed by atoms with van der Waals surface area (Å²) < 4.78 is 32.2. The molecule has 0 unspecified atom stereocenters. The number of rotatable bonds is 5. The van der Waals surface area contributed by atoms with E-state index >= 15 is 0 Å². The van der Waals surface area contributed by atoms with Gasteiger partial charge in [-0.25, -0.2) is 4.39 Å². The second-order valence-electron chi connectivity index (χ2n) is 7.88. The molecule has 3 nitrogen and oxygen atoms in total. The first kappa shape index (κ1) is 18.3. The van der Waals surface area contributed by atoms with Gasteiger partial charge in [-0.2, -0.15) is 0 Å². The van der Waals surface area contributed by atoms with Gasteiger partial charge >= 0.3 is 7.12 Å². The van der Waals surface area contributed by atoms with Crippen LogP contribution < -0.4 is 10.2 Å². The molecule has 0 atom stereocenters. The van der Waals surface area contributed by atoms with Crippen LogP contribution in [-0.4, -0.2) is 23.9 Å². The molecule has 0 radical (unpaired) electrons. The molecule has 1 heterocycles. The average Bonchev–Trinajstić information content (AvgIpc) is 2.60. The molecule has 1 aliphatic heterocycles. The minimum Gasteiger partial charge on any atom is -0.488 e. The molecule has 0 saturated carbocycles. The van der Waals surface area contributed by atoms with E-state index in [1.54, 1.807) is 12.1 Å². The molecule has 1 aliphatic rings. The van der Waals surface area contributed by atoms with E-state index < -0.39 is 18.3 Å². The Kier molecular flexibility index (Phi) is 4.85. The predicted octanol–water partition coefficient (Wildman–Crippen LogP) is 4.08. The van der Waals surface area contributed by atoms with Gasteiger partial charge in [-0.05, 0) is 66.2 Å². The van der Waals surface area contributed by atoms with Crippen LogP contribution in [0.2, 0.25) is 0 Å². The van der Waals surface area contributed by atoms with Crippen molar-refractivity contribution in [3.63, 3.8) is 0 Å². The molecular weight excluding hydrogens is 294 g/mol. The predicted molar refractivity (Wildman–Crippen MR) is 91.7 cm³/mol. The van der Waals surface area contributed by atoms with E-state index in [1.807, 2.05) is 41.5 Å². The summed E-state index contributed by atoms with van der Waals surface area (Å²) in [7, 11) is -0.724. The van der Waals surface area contributed by atoms with Crippen molar-refractivity contribution in [2.45, 2.75) is 78.1 Å². The molecule has 5 heteroatoms. The van der Waals surface area contributed by atoms with Crippen LogP contribution >= 0.6 is 0 Å². The molecule has 1 fully saturated rings. The van der Waals surface area contributed by atoms with Crippen LogP contribution in [0.4, 0.5) is 4.39 Å². The first-order valence-corrected chi connectivity index (χ1v) is 8.31. The van der Waals surface area contributed by atoms with Gasteiger partial charge in [-0.15, -0.1) is 0 Å². The molecule has 0 aromatic heterocycles. The lowest BCUT2D eigenvalue weighted by Crippen LogP contribution is -2.41. The van der Waals surface area contributed by atoms with Crippen LogP contribution in [0.1, 0.15) is 61.3 Å². The molecule has 1 aromatic carbocycles. The second kappa shape index (κ2) is 6.10. The Labute approximate surface area is 139 Å². The molecule has 0 bridgehead atoms.